The van der Waals surface area contributed by atoms with Crippen LogP contribution in [0.15, 0.2) is 0 Å². The minimum absolute atomic E-state index is 0.0174. The van der Waals surface area contributed by atoms with Crippen LogP contribution in [0.3, 0.4) is 0 Å². The lowest BCUT2D eigenvalue weighted by Gasteiger charge is -2.07. The van der Waals surface area contributed by atoms with Gasteiger partial charge in [0.1, 0.15) is 0 Å². The third-order valence-corrected chi connectivity index (χ3v) is 1.39. The fourth-order valence-electron chi connectivity index (χ4n) is 0.412. The molecular weight excluding hydrogens is 130 g/mol. The number of ether oxygens (including phenoxy) is 1. The van der Waals surface area contributed by atoms with Crippen molar-refractivity contribution in [1.29, 1.82) is 0 Å². The number of rotatable bonds is 4. The van der Waals surface area contributed by atoms with Crippen molar-refractivity contribution in [2.75, 3.05) is 13.2 Å². The molecule has 1 unspecified atom stereocenters. The molecular formula is C7H15NO2. The van der Waals surface area contributed by atoms with Gasteiger partial charge in [0.15, 0.2) is 0 Å². The first-order chi connectivity index (χ1) is 4.70. The molecule has 0 aliphatic heterocycles. The van der Waals surface area contributed by atoms with Gasteiger partial charge in [-0.1, -0.05) is 20.3 Å². The third kappa shape index (κ3) is 4.32. The molecule has 0 aliphatic carbocycles. The molecule has 0 saturated heterocycles. The summed E-state index contributed by atoms with van der Waals surface area (Å²) in [7, 11) is 0. The lowest BCUT2D eigenvalue weighted by Crippen LogP contribution is -2.19. The molecule has 0 bridgehead atoms. The second-order valence-corrected chi connectivity index (χ2v) is 2.40. The van der Waals surface area contributed by atoms with E-state index >= 15 is 0 Å². The van der Waals surface area contributed by atoms with Crippen LogP contribution in [-0.4, -0.2) is 19.1 Å². The molecule has 60 valence electrons. The molecule has 0 heterocycles. The zero-order chi connectivity index (χ0) is 7.98. The predicted molar refractivity (Wildman–Crippen MR) is 39.5 cm³/mol. The van der Waals surface area contributed by atoms with E-state index in [1.54, 1.807) is 0 Å². The molecule has 0 radical (unpaired) electrons. The lowest BCUT2D eigenvalue weighted by atomic mass is 10.1. The lowest BCUT2D eigenvalue weighted by molar-refractivity contribution is -0.143. The topological polar surface area (TPSA) is 52.3 Å². The summed E-state index contributed by atoms with van der Waals surface area (Å²) in [6.07, 6.45) is 1.03. The van der Waals surface area contributed by atoms with Gasteiger partial charge < -0.3 is 10.5 Å². The third-order valence-electron chi connectivity index (χ3n) is 1.39. The summed E-state index contributed by atoms with van der Waals surface area (Å²) < 4.78 is 4.78. The normalized spacial score (nSPS) is 12.7. The van der Waals surface area contributed by atoms with Gasteiger partial charge in [0.05, 0.1) is 13.2 Å². The van der Waals surface area contributed by atoms with E-state index in [0.29, 0.717) is 12.5 Å². The van der Waals surface area contributed by atoms with Gasteiger partial charge in [-0.2, -0.15) is 0 Å². The summed E-state index contributed by atoms with van der Waals surface area (Å²) in [6, 6.07) is 0. The first-order valence-electron chi connectivity index (χ1n) is 3.56. The number of carbonyl (C=O) groups excluding carboxylic acids is 1. The van der Waals surface area contributed by atoms with Gasteiger partial charge in [-0.05, 0) is 5.92 Å². The zero-order valence-corrected chi connectivity index (χ0v) is 6.59. The first kappa shape index (κ1) is 9.43. The van der Waals surface area contributed by atoms with Crippen LogP contribution in [0.25, 0.3) is 0 Å². The molecule has 0 aromatic carbocycles. The van der Waals surface area contributed by atoms with Crippen molar-refractivity contribution in [3.05, 3.63) is 0 Å². The van der Waals surface area contributed by atoms with E-state index in [1.807, 2.05) is 6.92 Å². The van der Waals surface area contributed by atoms with Crippen molar-refractivity contribution >= 4 is 5.97 Å². The van der Waals surface area contributed by atoms with E-state index in [1.165, 1.54) is 0 Å². The van der Waals surface area contributed by atoms with Crippen molar-refractivity contribution in [3.8, 4) is 0 Å². The molecule has 10 heavy (non-hydrogen) atoms. The molecule has 2 N–H and O–H groups in total. The largest absolute Gasteiger partial charge is 0.464 e. The van der Waals surface area contributed by atoms with Gasteiger partial charge in [-0.15, -0.1) is 0 Å². The van der Waals surface area contributed by atoms with Crippen LogP contribution in [0.2, 0.25) is 0 Å². The van der Waals surface area contributed by atoms with Crippen molar-refractivity contribution < 1.29 is 9.53 Å². The Hall–Kier alpha value is -0.570. The SMILES string of the molecule is CCC(C)COC(=O)CN. The van der Waals surface area contributed by atoms with Crippen LogP contribution in [0.1, 0.15) is 20.3 Å². The molecule has 0 spiro atoms. The standard InChI is InChI=1S/C7H15NO2/c1-3-6(2)5-10-7(9)4-8/h6H,3-5,8H2,1-2H3. The zero-order valence-electron chi connectivity index (χ0n) is 6.59. The second-order valence-electron chi connectivity index (χ2n) is 2.40. The summed E-state index contributed by atoms with van der Waals surface area (Å²) in [6.45, 7) is 4.56. The molecule has 1 atom stereocenters. The van der Waals surface area contributed by atoms with E-state index < -0.39 is 0 Å². The highest BCUT2D eigenvalue weighted by Crippen LogP contribution is 1.99. The maximum atomic E-state index is 10.5. The van der Waals surface area contributed by atoms with Gasteiger partial charge in [0, 0.05) is 0 Å². The Kier molecular flexibility index (Phi) is 4.94. The van der Waals surface area contributed by atoms with E-state index in [-0.39, 0.29) is 12.5 Å². The number of hydrogen-bond donors (Lipinski definition) is 1. The Bertz CT molecular complexity index is 104. The van der Waals surface area contributed by atoms with E-state index in [4.69, 9.17) is 10.5 Å². The Labute approximate surface area is 61.5 Å². The minimum Gasteiger partial charge on any atom is -0.464 e. The Balaban J connectivity index is 3.26. The fourth-order valence-corrected chi connectivity index (χ4v) is 0.412. The summed E-state index contributed by atoms with van der Waals surface area (Å²) in [5, 5.41) is 0. The van der Waals surface area contributed by atoms with Crippen LogP contribution in [-0.2, 0) is 9.53 Å². The van der Waals surface area contributed by atoms with Crippen molar-refractivity contribution in [2.24, 2.45) is 11.7 Å². The molecule has 0 aromatic heterocycles. The Morgan fingerprint density at radius 3 is 2.70 bits per heavy atom. The summed E-state index contributed by atoms with van der Waals surface area (Å²) >= 11 is 0. The van der Waals surface area contributed by atoms with E-state index in [2.05, 4.69) is 6.92 Å². The quantitative estimate of drug-likeness (QED) is 0.587. The number of nitrogens with two attached hydrogens (primary N) is 1. The number of esters is 1. The average Bonchev–Trinajstić information content (AvgIpc) is 1.99. The van der Waals surface area contributed by atoms with Gasteiger partial charge in [0.2, 0.25) is 0 Å². The summed E-state index contributed by atoms with van der Waals surface area (Å²) in [5.74, 6) is 0.121. The van der Waals surface area contributed by atoms with Crippen molar-refractivity contribution in [3.63, 3.8) is 0 Å². The number of hydrogen-bond acceptors (Lipinski definition) is 3. The Morgan fingerprint density at radius 1 is 1.70 bits per heavy atom. The van der Waals surface area contributed by atoms with Gasteiger partial charge in [-0.25, -0.2) is 0 Å². The van der Waals surface area contributed by atoms with Crippen LogP contribution in [0.5, 0.6) is 0 Å². The molecule has 0 aromatic rings. The predicted octanol–water partition coefficient (Wildman–Crippen LogP) is 0.534. The van der Waals surface area contributed by atoms with Crippen molar-refractivity contribution in [2.45, 2.75) is 20.3 Å². The van der Waals surface area contributed by atoms with E-state index in [0.717, 1.165) is 6.42 Å². The molecule has 0 fully saturated rings. The molecule has 0 aliphatic rings. The highest BCUT2D eigenvalue weighted by atomic mass is 16.5. The van der Waals surface area contributed by atoms with E-state index in [9.17, 15) is 4.79 Å². The molecule has 3 heteroatoms. The summed E-state index contributed by atoms with van der Waals surface area (Å²) in [4.78, 5) is 10.5. The van der Waals surface area contributed by atoms with Gasteiger partial charge in [0.25, 0.3) is 0 Å². The monoisotopic (exact) mass is 145 g/mol. The molecule has 3 nitrogen and oxygen atoms in total. The van der Waals surface area contributed by atoms with Gasteiger partial charge in [-0.3, -0.25) is 4.79 Å². The summed E-state index contributed by atoms with van der Waals surface area (Å²) in [5.41, 5.74) is 5.03. The second kappa shape index (κ2) is 5.23. The Morgan fingerprint density at radius 2 is 2.30 bits per heavy atom. The van der Waals surface area contributed by atoms with Crippen LogP contribution >= 0.6 is 0 Å². The molecule has 0 rings (SSSR count). The van der Waals surface area contributed by atoms with Crippen molar-refractivity contribution in [1.82, 2.24) is 0 Å². The minimum atomic E-state index is -0.319. The highest BCUT2D eigenvalue weighted by Gasteiger charge is 2.02. The maximum Gasteiger partial charge on any atom is 0.319 e. The van der Waals surface area contributed by atoms with Crippen LogP contribution in [0, 0.1) is 5.92 Å². The molecule has 0 saturated carbocycles. The fraction of sp³-hybridized carbons (Fsp3) is 0.857. The number of carbonyl (C=O) groups is 1. The van der Waals surface area contributed by atoms with Crippen LogP contribution < -0.4 is 5.73 Å². The average molecular weight is 145 g/mol. The highest BCUT2D eigenvalue weighted by molar-refractivity contribution is 5.71. The molecule has 0 amide bonds. The smallest absolute Gasteiger partial charge is 0.319 e. The maximum absolute atomic E-state index is 10.5. The van der Waals surface area contributed by atoms with Crippen LogP contribution in [0.4, 0.5) is 0 Å². The van der Waals surface area contributed by atoms with Gasteiger partial charge >= 0.3 is 5.97 Å². The first-order valence-corrected chi connectivity index (χ1v) is 3.56.